The molecule has 0 radical (unpaired) electrons. The van der Waals surface area contributed by atoms with Gasteiger partial charge in [0, 0.05) is 29.3 Å². The Bertz CT molecular complexity index is 574. The number of para-hydroxylation sites is 1. The molecule has 1 heterocycles. The van der Waals surface area contributed by atoms with Crippen LogP contribution in [0.2, 0.25) is 0 Å². The van der Waals surface area contributed by atoms with Crippen LogP contribution in [0.25, 0.3) is 6.08 Å². The van der Waals surface area contributed by atoms with E-state index in [1.54, 1.807) is 39.0 Å². The Morgan fingerprint density at radius 1 is 1.21 bits per heavy atom. The number of carbonyl (C=O) groups excluding carboxylic acids is 2. The van der Waals surface area contributed by atoms with Gasteiger partial charge in [-0.1, -0.05) is 16.6 Å². The Morgan fingerprint density at radius 3 is 2.42 bits per heavy atom. The maximum atomic E-state index is 12.4. The van der Waals surface area contributed by atoms with E-state index in [1.807, 2.05) is 12.1 Å². The molecule has 0 spiro atoms. The number of carbonyl (C=O) groups is 2. The molecule has 2 amide bonds. The number of hydrogen-bond acceptors (Lipinski definition) is 3. The first-order valence-corrected chi connectivity index (χ1v) is 6.26. The van der Waals surface area contributed by atoms with Gasteiger partial charge in [0.2, 0.25) is 0 Å². The number of amides is 2. The van der Waals surface area contributed by atoms with Gasteiger partial charge in [-0.15, -0.1) is 0 Å². The second-order valence-corrected chi connectivity index (χ2v) is 5.65. The number of nitrogens with zero attached hydrogens (tertiary/aromatic N) is 1. The molecular formula is C14H15ClNO3+. The standard InChI is InChI=1S/C14H15ClNO3/c1-14(2,3)19-13(18)16(12(15)17)9-8-10-6-4-5-7-11(10)16/h4-9H,1-3H3/q+1/t16-/m1/s1. The van der Waals surface area contributed by atoms with E-state index in [0.717, 1.165) is 5.56 Å². The predicted octanol–water partition coefficient (Wildman–Crippen LogP) is 4.27. The van der Waals surface area contributed by atoms with Gasteiger partial charge in [0.15, 0.2) is 5.69 Å². The van der Waals surface area contributed by atoms with Crippen molar-refractivity contribution in [1.82, 2.24) is 4.48 Å². The fraction of sp³-hybridized carbons (Fsp3) is 0.286. The van der Waals surface area contributed by atoms with Crippen LogP contribution in [0.3, 0.4) is 0 Å². The predicted molar refractivity (Wildman–Crippen MR) is 74.8 cm³/mol. The van der Waals surface area contributed by atoms with Crippen LogP contribution < -0.4 is 4.48 Å². The molecule has 0 unspecified atom stereocenters. The van der Waals surface area contributed by atoms with Crippen molar-refractivity contribution in [2.24, 2.45) is 0 Å². The maximum Gasteiger partial charge on any atom is 0.535 e. The Morgan fingerprint density at radius 2 is 1.84 bits per heavy atom. The van der Waals surface area contributed by atoms with Crippen LogP contribution in [-0.2, 0) is 4.74 Å². The summed E-state index contributed by atoms with van der Waals surface area (Å²) >= 11 is 5.67. The van der Waals surface area contributed by atoms with Gasteiger partial charge in [-0.3, -0.25) is 0 Å². The molecule has 1 aromatic carbocycles. The molecule has 0 N–H and O–H groups in total. The molecule has 2 rings (SSSR count). The summed E-state index contributed by atoms with van der Waals surface area (Å²) in [7, 11) is 0. The minimum atomic E-state index is -0.810. The van der Waals surface area contributed by atoms with Gasteiger partial charge in [-0.05, 0) is 26.8 Å². The van der Waals surface area contributed by atoms with E-state index in [9.17, 15) is 9.59 Å². The molecule has 4 nitrogen and oxygen atoms in total. The molecule has 1 atom stereocenters. The summed E-state index contributed by atoms with van der Waals surface area (Å²) in [4.78, 5) is 24.2. The van der Waals surface area contributed by atoms with Crippen molar-refractivity contribution >= 4 is 34.8 Å². The Balaban J connectivity index is 2.51. The molecule has 0 aliphatic carbocycles. The molecule has 0 saturated carbocycles. The minimum Gasteiger partial charge on any atom is -0.413 e. The highest BCUT2D eigenvalue weighted by atomic mass is 35.5. The van der Waals surface area contributed by atoms with Crippen LogP contribution in [-0.4, -0.2) is 17.1 Å². The fourth-order valence-corrected chi connectivity index (χ4v) is 2.16. The van der Waals surface area contributed by atoms with Crippen molar-refractivity contribution in [3.05, 3.63) is 36.0 Å². The summed E-state index contributed by atoms with van der Waals surface area (Å²) in [5.41, 5.74) is 0.596. The molecule has 1 aliphatic heterocycles. The molecule has 5 heteroatoms. The second kappa shape index (κ2) is 4.47. The zero-order valence-electron chi connectivity index (χ0n) is 11.0. The summed E-state index contributed by atoms with van der Waals surface area (Å²) in [6, 6.07) is 7.09. The first-order valence-electron chi connectivity index (χ1n) is 5.88. The zero-order chi connectivity index (χ0) is 14.3. The van der Waals surface area contributed by atoms with E-state index in [4.69, 9.17) is 16.3 Å². The van der Waals surface area contributed by atoms with Crippen molar-refractivity contribution in [3.8, 4) is 0 Å². The van der Waals surface area contributed by atoms with Gasteiger partial charge in [-0.2, -0.15) is 4.79 Å². The Hall–Kier alpha value is -1.65. The normalized spacial score (nSPS) is 21.1. The lowest BCUT2D eigenvalue weighted by Crippen LogP contribution is -2.52. The van der Waals surface area contributed by atoms with Gasteiger partial charge in [0.25, 0.3) is 0 Å². The number of benzene rings is 1. The first kappa shape index (κ1) is 13.8. The second-order valence-electron chi connectivity index (χ2n) is 5.33. The molecule has 1 aromatic rings. The highest BCUT2D eigenvalue weighted by Gasteiger charge is 2.51. The number of halogens is 1. The third-order valence-electron chi connectivity index (χ3n) is 2.75. The Labute approximate surface area is 116 Å². The lowest BCUT2D eigenvalue weighted by molar-refractivity contribution is 0.0413. The average molecular weight is 281 g/mol. The Kier molecular flexibility index (Phi) is 3.24. The van der Waals surface area contributed by atoms with Crippen LogP contribution in [0.4, 0.5) is 15.3 Å². The van der Waals surface area contributed by atoms with Crippen LogP contribution in [0.5, 0.6) is 0 Å². The molecule has 100 valence electrons. The van der Waals surface area contributed by atoms with Gasteiger partial charge in [0.05, 0.1) is 0 Å². The quantitative estimate of drug-likeness (QED) is 0.405. The number of fused-ring (bicyclic) bond motifs is 1. The smallest absolute Gasteiger partial charge is 0.413 e. The lowest BCUT2D eigenvalue weighted by Gasteiger charge is -2.27. The van der Waals surface area contributed by atoms with Crippen molar-refractivity contribution in [1.29, 1.82) is 0 Å². The summed E-state index contributed by atoms with van der Waals surface area (Å²) in [5, 5.41) is -0.810. The largest absolute Gasteiger partial charge is 0.535 e. The number of quaternary nitrogens is 1. The lowest BCUT2D eigenvalue weighted by atomic mass is 10.2. The summed E-state index contributed by atoms with van der Waals surface area (Å²) in [6.07, 6.45) is 2.45. The van der Waals surface area contributed by atoms with E-state index < -0.39 is 21.5 Å². The minimum absolute atomic E-state index is 0.511. The van der Waals surface area contributed by atoms with Crippen LogP contribution in [0, 0.1) is 0 Å². The first-order chi connectivity index (χ1) is 8.77. The molecule has 0 bridgehead atoms. The van der Waals surface area contributed by atoms with Crippen molar-refractivity contribution in [2.75, 3.05) is 0 Å². The van der Waals surface area contributed by atoms with Gasteiger partial charge < -0.3 is 4.74 Å². The molecule has 0 aromatic heterocycles. The fourth-order valence-electron chi connectivity index (χ4n) is 1.94. The van der Waals surface area contributed by atoms with Gasteiger partial charge in [0.1, 0.15) is 11.8 Å². The summed E-state index contributed by atoms with van der Waals surface area (Å²) in [5.74, 6) is 0. The number of ether oxygens (including phenoxy) is 1. The maximum absolute atomic E-state index is 12.4. The topological polar surface area (TPSA) is 43.4 Å². The van der Waals surface area contributed by atoms with E-state index >= 15 is 0 Å². The molecule has 19 heavy (non-hydrogen) atoms. The van der Waals surface area contributed by atoms with Gasteiger partial charge >= 0.3 is 11.5 Å². The summed E-state index contributed by atoms with van der Waals surface area (Å²) < 4.78 is 4.58. The van der Waals surface area contributed by atoms with Crippen molar-refractivity contribution in [2.45, 2.75) is 26.4 Å². The highest BCUT2D eigenvalue weighted by molar-refractivity contribution is 6.66. The van der Waals surface area contributed by atoms with E-state index in [1.165, 1.54) is 6.20 Å². The van der Waals surface area contributed by atoms with E-state index in [2.05, 4.69) is 0 Å². The monoisotopic (exact) mass is 280 g/mol. The molecule has 1 aliphatic rings. The number of hydrogen-bond donors (Lipinski definition) is 0. The highest BCUT2D eigenvalue weighted by Crippen LogP contribution is 2.38. The van der Waals surface area contributed by atoms with Crippen LogP contribution in [0.15, 0.2) is 30.5 Å². The SMILES string of the molecule is CC(C)(C)OC(=O)[N@+]1(C(=O)Cl)C=Cc2ccccc21. The van der Waals surface area contributed by atoms with E-state index in [-0.39, 0.29) is 0 Å². The number of rotatable bonds is 0. The van der Waals surface area contributed by atoms with Crippen molar-refractivity contribution < 1.29 is 14.3 Å². The molecule has 0 saturated heterocycles. The van der Waals surface area contributed by atoms with Crippen molar-refractivity contribution in [3.63, 3.8) is 0 Å². The van der Waals surface area contributed by atoms with Gasteiger partial charge in [-0.25, -0.2) is 4.79 Å². The molecule has 0 fully saturated rings. The molecular weight excluding hydrogens is 266 g/mol. The average Bonchev–Trinajstić information content (AvgIpc) is 2.67. The third kappa shape index (κ3) is 2.29. The van der Waals surface area contributed by atoms with Crippen LogP contribution >= 0.6 is 11.6 Å². The summed E-state index contributed by atoms with van der Waals surface area (Å²) in [6.45, 7) is 5.23. The van der Waals surface area contributed by atoms with E-state index in [0.29, 0.717) is 5.69 Å². The number of imide groups is 1. The zero-order valence-corrected chi connectivity index (χ0v) is 11.8. The third-order valence-corrected chi connectivity index (χ3v) is 3.02. The van der Waals surface area contributed by atoms with Crippen LogP contribution in [0.1, 0.15) is 26.3 Å².